The fraction of sp³-hybridized carbons (Fsp3) is 0.375. The maximum absolute atomic E-state index is 4.25. The minimum atomic E-state index is 0.225. The van der Waals surface area contributed by atoms with Crippen molar-refractivity contribution >= 4 is 0 Å². The molecular weight excluding hydrogens is 384 g/mol. The zero-order valence-corrected chi connectivity index (χ0v) is 19.1. The van der Waals surface area contributed by atoms with Crippen LogP contribution >= 0.6 is 0 Å². The third-order valence-corrected chi connectivity index (χ3v) is 9.31. The topological polar surface area (TPSA) is 0 Å². The Kier molecular flexibility index (Phi) is 4.51. The van der Waals surface area contributed by atoms with Crippen LogP contribution in [-0.4, -0.2) is 0 Å². The van der Waals surface area contributed by atoms with Gasteiger partial charge in [0, 0.05) is 0 Å². The van der Waals surface area contributed by atoms with Gasteiger partial charge in [0.1, 0.15) is 0 Å². The molecule has 7 rings (SSSR count). The first-order valence-electron chi connectivity index (χ1n) is 12.4. The molecule has 32 heavy (non-hydrogen) atoms. The summed E-state index contributed by atoms with van der Waals surface area (Å²) in [5.74, 6) is 0. The highest BCUT2D eigenvalue weighted by atomic mass is 14.7. The minimum Gasteiger partial charge on any atom is -0.103 e. The van der Waals surface area contributed by atoms with Crippen LogP contribution in [-0.2, 0) is 16.2 Å². The van der Waals surface area contributed by atoms with Crippen molar-refractivity contribution in [3.8, 4) is 0 Å². The van der Waals surface area contributed by atoms with E-state index in [9.17, 15) is 0 Å². The van der Waals surface area contributed by atoms with E-state index in [1.807, 2.05) is 0 Å². The van der Waals surface area contributed by atoms with Crippen molar-refractivity contribution in [1.82, 2.24) is 0 Å². The molecule has 2 unspecified atom stereocenters. The number of benzene rings is 3. The Morgan fingerprint density at radius 3 is 1.31 bits per heavy atom. The SMILES string of the molecule is C=CCC12CC3(c4ccccc4)CCC(c4ccccc4)(C1)CC(c1ccccc1)(C2)C3. The van der Waals surface area contributed by atoms with Gasteiger partial charge in [0.15, 0.2) is 0 Å². The smallest absolute Gasteiger partial charge is 0.00246 e. The number of allylic oxidation sites excluding steroid dienone is 1. The Labute approximate surface area is 193 Å². The molecule has 3 aromatic carbocycles. The molecule has 4 saturated carbocycles. The number of fused-ring (bicyclic) bond motifs is 1. The highest BCUT2D eigenvalue weighted by Gasteiger charge is 2.65. The summed E-state index contributed by atoms with van der Waals surface area (Å²) in [5.41, 5.74) is 5.75. The largest absolute Gasteiger partial charge is 0.103 e. The first kappa shape index (κ1) is 20.0. The second-order valence-corrected chi connectivity index (χ2v) is 11.3. The van der Waals surface area contributed by atoms with Crippen LogP contribution in [0, 0.1) is 5.41 Å². The highest BCUT2D eigenvalue weighted by molar-refractivity contribution is 5.42. The van der Waals surface area contributed by atoms with Crippen LogP contribution in [0.2, 0.25) is 0 Å². The molecule has 0 heteroatoms. The van der Waals surface area contributed by atoms with Crippen LogP contribution in [0.25, 0.3) is 0 Å². The van der Waals surface area contributed by atoms with Crippen molar-refractivity contribution in [3.05, 3.63) is 120 Å². The van der Waals surface area contributed by atoms with Gasteiger partial charge in [0.25, 0.3) is 0 Å². The average molecular weight is 419 g/mol. The van der Waals surface area contributed by atoms with Crippen molar-refractivity contribution in [1.29, 1.82) is 0 Å². The molecular formula is C32H34. The normalized spacial score (nSPS) is 35.4. The lowest BCUT2D eigenvalue weighted by Crippen LogP contribution is -2.55. The Bertz CT molecular complexity index is 1040. The monoisotopic (exact) mass is 418 g/mol. The van der Waals surface area contributed by atoms with Crippen LogP contribution in [0.3, 0.4) is 0 Å². The summed E-state index contributed by atoms with van der Waals surface area (Å²) in [7, 11) is 0. The molecule has 0 spiro atoms. The zero-order valence-electron chi connectivity index (χ0n) is 19.1. The van der Waals surface area contributed by atoms with E-state index in [0.717, 1.165) is 6.42 Å². The van der Waals surface area contributed by atoms with Gasteiger partial charge in [-0.15, -0.1) is 6.58 Å². The minimum absolute atomic E-state index is 0.225. The molecule has 3 aromatic rings. The number of hydrogen-bond donors (Lipinski definition) is 0. The first-order valence-corrected chi connectivity index (χ1v) is 12.4. The quantitative estimate of drug-likeness (QED) is 0.367. The number of rotatable bonds is 5. The summed E-state index contributed by atoms with van der Waals surface area (Å²) in [4.78, 5) is 0. The van der Waals surface area contributed by atoms with E-state index in [0.29, 0.717) is 5.41 Å². The summed E-state index contributed by atoms with van der Waals surface area (Å²) in [6.45, 7) is 4.25. The van der Waals surface area contributed by atoms with E-state index in [1.54, 1.807) is 16.7 Å². The fourth-order valence-electron chi connectivity index (χ4n) is 8.68. The van der Waals surface area contributed by atoms with E-state index in [-0.39, 0.29) is 16.2 Å². The van der Waals surface area contributed by atoms with Gasteiger partial charge in [-0.05, 0) is 89.7 Å². The van der Waals surface area contributed by atoms with Gasteiger partial charge in [-0.25, -0.2) is 0 Å². The molecule has 0 aromatic heterocycles. The average Bonchev–Trinajstić information content (AvgIpc) is 3.01. The van der Waals surface area contributed by atoms with Crippen molar-refractivity contribution in [2.45, 2.75) is 67.6 Å². The molecule has 0 radical (unpaired) electrons. The van der Waals surface area contributed by atoms with Gasteiger partial charge in [-0.2, -0.15) is 0 Å². The third kappa shape index (κ3) is 2.95. The van der Waals surface area contributed by atoms with Crippen molar-refractivity contribution in [3.63, 3.8) is 0 Å². The molecule has 0 aliphatic heterocycles. The van der Waals surface area contributed by atoms with Crippen LogP contribution in [0.1, 0.15) is 68.1 Å². The van der Waals surface area contributed by atoms with E-state index in [4.69, 9.17) is 0 Å². The van der Waals surface area contributed by atoms with Gasteiger partial charge in [0.2, 0.25) is 0 Å². The van der Waals surface area contributed by atoms with E-state index >= 15 is 0 Å². The molecule has 4 aliphatic rings. The Hall–Kier alpha value is -2.60. The molecule has 162 valence electrons. The van der Waals surface area contributed by atoms with Crippen LogP contribution < -0.4 is 0 Å². The fourth-order valence-corrected chi connectivity index (χ4v) is 8.68. The van der Waals surface area contributed by atoms with E-state index in [1.165, 1.54) is 44.9 Å². The Morgan fingerprint density at radius 1 is 0.531 bits per heavy atom. The summed E-state index contributed by atoms with van der Waals surface area (Å²) in [5, 5.41) is 0. The molecule has 4 bridgehead atoms. The van der Waals surface area contributed by atoms with Crippen LogP contribution in [0.15, 0.2) is 104 Å². The second kappa shape index (κ2) is 7.20. The molecule has 0 nitrogen and oxygen atoms in total. The molecule has 0 N–H and O–H groups in total. The van der Waals surface area contributed by atoms with E-state index in [2.05, 4.69) is 104 Å². The maximum atomic E-state index is 4.25. The molecule has 2 atom stereocenters. The lowest BCUT2D eigenvalue weighted by molar-refractivity contribution is -0.0129. The Balaban J connectivity index is 1.61. The zero-order chi connectivity index (χ0) is 21.7. The lowest BCUT2D eigenvalue weighted by Gasteiger charge is -2.62. The lowest BCUT2D eigenvalue weighted by atomic mass is 9.42. The highest BCUT2D eigenvalue weighted by Crippen LogP contribution is 2.72. The summed E-state index contributed by atoms with van der Waals surface area (Å²) in [6.07, 6.45) is 12.4. The van der Waals surface area contributed by atoms with Gasteiger partial charge in [0.05, 0.1) is 0 Å². The predicted molar refractivity (Wildman–Crippen MR) is 134 cm³/mol. The maximum Gasteiger partial charge on any atom is -0.00246 e. The van der Waals surface area contributed by atoms with E-state index < -0.39 is 0 Å². The number of hydrogen-bond acceptors (Lipinski definition) is 0. The van der Waals surface area contributed by atoms with Crippen LogP contribution in [0.5, 0.6) is 0 Å². The predicted octanol–water partition coefficient (Wildman–Crippen LogP) is 8.13. The van der Waals surface area contributed by atoms with Gasteiger partial charge in [-0.3, -0.25) is 0 Å². The van der Waals surface area contributed by atoms with Gasteiger partial charge in [-0.1, -0.05) is 97.1 Å². The first-order chi connectivity index (χ1) is 15.6. The summed E-state index contributed by atoms with van der Waals surface area (Å²) in [6, 6.07) is 34.6. The summed E-state index contributed by atoms with van der Waals surface area (Å²) >= 11 is 0. The summed E-state index contributed by atoms with van der Waals surface area (Å²) < 4.78 is 0. The standard InChI is InChI=1S/C32H34/c1-2-18-29-21-30(26-12-6-3-7-13-26)19-20-31(22-29,27-14-8-4-9-15-27)25-32(23-29,24-30)28-16-10-5-11-17-28/h2-17H,1,18-25H2. The molecule has 0 amide bonds. The van der Waals surface area contributed by atoms with Crippen molar-refractivity contribution < 1.29 is 0 Å². The molecule has 4 fully saturated rings. The molecule has 0 heterocycles. The Morgan fingerprint density at radius 2 is 0.906 bits per heavy atom. The van der Waals surface area contributed by atoms with Crippen molar-refractivity contribution in [2.24, 2.45) is 5.41 Å². The van der Waals surface area contributed by atoms with Crippen LogP contribution in [0.4, 0.5) is 0 Å². The van der Waals surface area contributed by atoms with Crippen molar-refractivity contribution in [2.75, 3.05) is 0 Å². The molecule has 0 saturated heterocycles. The second-order valence-electron chi connectivity index (χ2n) is 11.3. The molecule has 4 aliphatic carbocycles. The van der Waals surface area contributed by atoms with Gasteiger partial charge >= 0.3 is 0 Å². The van der Waals surface area contributed by atoms with Gasteiger partial charge < -0.3 is 0 Å². The third-order valence-electron chi connectivity index (χ3n) is 9.31.